The first kappa shape index (κ1) is 19.4. The van der Waals surface area contributed by atoms with Crippen molar-refractivity contribution in [2.75, 3.05) is 7.11 Å². The van der Waals surface area contributed by atoms with Crippen LogP contribution in [0.4, 0.5) is 0 Å². The van der Waals surface area contributed by atoms with Gasteiger partial charge >= 0.3 is 5.97 Å². The highest BCUT2D eigenvalue weighted by atomic mass is 16.5. The van der Waals surface area contributed by atoms with E-state index in [-0.39, 0.29) is 23.6 Å². The van der Waals surface area contributed by atoms with Gasteiger partial charge in [0, 0.05) is 12.0 Å². The minimum absolute atomic E-state index is 0.133. The van der Waals surface area contributed by atoms with Crippen molar-refractivity contribution in [2.45, 2.75) is 39.0 Å². The number of methoxy groups -OCH3 is 1. The van der Waals surface area contributed by atoms with E-state index in [0.29, 0.717) is 17.8 Å². The van der Waals surface area contributed by atoms with Crippen molar-refractivity contribution in [2.24, 2.45) is 0 Å². The summed E-state index contributed by atoms with van der Waals surface area (Å²) in [5, 5.41) is 19.4. The molecule has 0 saturated heterocycles. The van der Waals surface area contributed by atoms with Gasteiger partial charge in [0.2, 0.25) is 0 Å². The number of allylic oxidation sites excluding steroid dienone is 2. The normalized spacial score (nSPS) is 11.7. The number of aryl methyl sites for hydroxylation is 1. The lowest BCUT2D eigenvalue weighted by Gasteiger charge is -2.23. The summed E-state index contributed by atoms with van der Waals surface area (Å²) in [6.45, 7) is 9.68. The number of carbonyl (C=O) groups excluding carboxylic acids is 1. The zero-order valence-electron chi connectivity index (χ0n) is 15.7. The van der Waals surface area contributed by atoms with Crippen molar-refractivity contribution in [1.82, 2.24) is 15.0 Å². The monoisotopic (exact) mass is 355 g/mol. The number of esters is 1. The van der Waals surface area contributed by atoms with Crippen LogP contribution in [-0.2, 0) is 21.4 Å². The summed E-state index contributed by atoms with van der Waals surface area (Å²) in [5.41, 5.74) is 2.54. The maximum Gasteiger partial charge on any atom is 0.305 e. The van der Waals surface area contributed by atoms with E-state index in [9.17, 15) is 9.90 Å². The van der Waals surface area contributed by atoms with Crippen molar-refractivity contribution >= 4 is 12.0 Å². The number of hydrogen-bond donors (Lipinski definition) is 1. The van der Waals surface area contributed by atoms with Gasteiger partial charge in [-0.25, -0.2) is 0 Å². The van der Waals surface area contributed by atoms with E-state index in [2.05, 4.69) is 16.8 Å². The Labute approximate surface area is 153 Å². The number of carbonyl (C=O) groups is 1. The van der Waals surface area contributed by atoms with Gasteiger partial charge in [-0.05, 0) is 29.5 Å². The quantitative estimate of drug-likeness (QED) is 0.633. The Morgan fingerprint density at radius 2 is 2.12 bits per heavy atom. The van der Waals surface area contributed by atoms with Crippen molar-refractivity contribution in [3.8, 4) is 11.4 Å². The summed E-state index contributed by atoms with van der Waals surface area (Å²) in [6.07, 6.45) is 7.58. The van der Waals surface area contributed by atoms with E-state index < -0.39 is 0 Å². The molecule has 0 radical (unpaired) electrons. The van der Waals surface area contributed by atoms with Crippen LogP contribution >= 0.6 is 0 Å². The fourth-order valence-corrected chi connectivity index (χ4v) is 2.53. The van der Waals surface area contributed by atoms with Crippen LogP contribution in [0, 0.1) is 0 Å². The predicted octanol–water partition coefficient (Wildman–Crippen LogP) is 3.58. The van der Waals surface area contributed by atoms with E-state index in [4.69, 9.17) is 4.74 Å². The molecule has 2 rings (SSSR count). The lowest BCUT2D eigenvalue weighted by molar-refractivity contribution is -0.140. The number of rotatable bonds is 6. The minimum atomic E-state index is -0.279. The summed E-state index contributed by atoms with van der Waals surface area (Å²) < 4.78 is 4.72. The molecule has 0 aliphatic rings. The van der Waals surface area contributed by atoms with E-state index in [0.717, 1.165) is 11.1 Å². The Morgan fingerprint density at radius 1 is 1.38 bits per heavy atom. The molecule has 6 nitrogen and oxygen atoms in total. The largest absolute Gasteiger partial charge is 0.505 e. The highest BCUT2D eigenvalue weighted by Crippen LogP contribution is 2.36. The molecule has 6 heteroatoms. The van der Waals surface area contributed by atoms with E-state index >= 15 is 0 Å². The lowest BCUT2D eigenvalue weighted by atomic mass is 9.84. The first-order valence-corrected chi connectivity index (χ1v) is 8.41. The molecule has 1 aromatic carbocycles. The van der Waals surface area contributed by atoms with Gasteiger partial charge in [0.15, 0.2) is 0 Å². The molecule has 2 aromatic rings. The molecule has 0 unspecified atom stereocenters. The smallest absolute Gasteiger partial charge is 0.305 e. The van der Waals surface area contributed by atoms with Crippen LogP contribution in [0.25, 0.3) is 11.8 Å². The van der Waals surface area contributed by atoms with Gasteiger partial charge < -0.3 is 9.84 Å². The minimum Gasteiger partial charge on any atom is -0.505 e. The van der Waals surface area contributed by atoms with Crippen molar-refractivity contribution in [3.05, 3.63) is 53.9 Å². The number of benzene rings is 1. The number of phenolic OH excluding ortho intramolecular Hbond substituents is 1. The molecule has 0 atom stereocenters. The first-order chi connectivity index (χ1) is 12.3. The number of nitrogens with zero attached hydrogens (tertiary/aromatic N) is 3. The standard InChI is InChI=1S/C20H25N3O3/c1-6-7-8-15-13-21-23(22-15)17-12-14(9-10-18(24)26-5)11-16(19(17)25)20(2,3)4/h6-8,11-13,25H,1,9-10H2,2-5H3. The molecule has 0 aliphatic heterocycles. The molecule has 138 valence electrons. The van der Waals surface area contributed by atoms with Crippen LogP contribution in [0.2, 0.25) is 0 Å². The Kier molecular flexibility index (Phi) is 5.97. The van der Waals surface area contributed by atoms with Gasteiger partial charge in [-0.3, -0.25) is 4.79 Å². The molecule has 0 fully saturated rings. The number of hydrogen-bond acceptors (Lipinski definition) is 5. The van der Waals surface area contributed by atoms with Gasteiger partial charge in [-0.15, -0.1) is 9.90 Å². The summed E-state index contributed by atoms with van der Waals surface area (Å²) in [5.74, 6) is -0.139. The van der Waals surface area contributed by atoms with Crippen LogP contribution in [0.15, 0.2) is 37.1 Å². The van der Waals surface area contributed by atoms with Gasteiger partial charge in [0.1, 0.15) is 17.1 Å². The van der Waals surface area contributed by atoms with Crippen LogP contribution < -0.4 is 0 Å². The molecule has 0 amide bonds. The van der Waals surface area contributed by atoms with Gasteiger partial charge in [0.25, 0.3) is 0 Å². The second kappa shape index (κ2) is 7.99. The first-order valence-electron chi connectivity index (χ1n) is 8.41. The third-order valence-corrected chi connectivity index (χ3v) is 3.93. The lowest BCUT2D eigenvalue weighted by Crippen LogP contribution is -2.14. The number of aromatic nitrogens is 3. The van der Waals surface area contributed by atoms with Crippen LogP contribution in [0.3, 0.4) is 0 Å². The summed E-state index contributed by atoms with van der Waals surface area (Å²) >= 11 is 0. The zero-order chi connectivity index (χ0) is 19.3. The average Bonchev–Trinajstić information content (AvgIpc) is 3.06. The van der Waals surface area contributed by atoms with Gasteiger partial charge in [-0.2, -0.15) is 5.10 Å². The van der Waals surface area contributed by atoms with E-state index in [1.54, 1.807) is 30.5 Å². The highest BCUT2D eigenvalue weighted by Gasteiger charge is 2.23. The molecule has 26 heavy (non-hydrogen) atoms. The third kappa shape index (κ3) is 4.59. The predicted molar refractivity (Wildman–Crippen MR) is 101 cm³/mol. The molecular weight excluding hydrogens is 330 g/mol. The highest BCUT2D eigenvalue weighted by molar-refractivity contribution is 5.69. The van der Waals surface area contributed by atoms with Crippen molar-refractivity contribution in [3.63, 3.8) is 0 Å². The van der Waals surface area contributed by atoms with Crippen LogP contribution in [-0.4, -0.2) is 33.2 Å². The Hall–Kier alpha value is -2.89. The molecule has 0 aliphatic carbocycles. The third-order valence-electron chi connectivity index (χ3n) is 3.93. The number of aromatic hydroxyl groups is 1. The van der Waals surface area contributed by atoms with E-state index in [1.165, 1.54) is 11.9 Å². The Bertz CT molecular complexity index is 829. The zero-order valence-corrected chi connectivity index (χ0v) is 15.7. The van der Waals surface area contributed by atoms with Crippen LogP contribution in [0.5, 0.6) is 5.75 Å². The second-order valence-corrected chi connectivity index (χ2v) is 6.99. The van der Waals surface area contributed by atoms with Crippen molar-refractivity contribution in [1.29, 1.82) is 0 Å². The molecular formula is C20H25N3O3. The Balaban J connectivity index is 2.49. The molecule has 0 saturated carbocycles. The van der Waals surface area contributed by atoms with Gasteiger partial charge in [0.05, 0.1) is 13.3 Å². The second-order valence-electron chi connectivity index (χ2n) is 6.99. The topological polar surface area (TPSA) is 77.2 Å². The fourth-order valence-electron chi connectivity index (χ4n) is 2.53. The molecule has 0 bridgehead atoms. The number of phenols is 1. The van der Waals surface area contributed by atoms with Crippen molar-refractivity contribution < 1.29 is 14.6 Å². The average molecular weight is 355 g/mol. The maximum absolute atomic E-state index is 11.5. The fraction of sp³-hybridized carbons (Fsp3) is 0.350. The maximum atomic E-state index is 11.5. The SMILES string of the molecule is C=CC=Cc1cnn(-c2cc(CCC(=O)OC)cc(C(C)(C)C)c2O)n1. The number of ether oxygens (including phenoxy) is 1. The summed E-state index contributed by atoms with van der Waals surface area (Å²) in [7, 11) is 1.37. The Morgan fingerprint density at radius 3 is 2.73 bits per heavy atom. The summed E-state index contributed by atoms with van der Waals surface area (Å²) in [4.78, 5) is 12.9. The summed E-state index contributed by atoms with van der Waals surface area (Å²) in [6, 6.07) is 3.72. The van der Waals surface area contributed by atoms with E-state index in [1.807, 2.05) is 26.8 Å². The molecule has 1 aromatic heterocycles. The molecule has 0 spiro atoms. The van der Waals surface area contributed by atoms with Gasteiger partial charge in [-0.1, -0.05) is 45.6 Å². The molecule has 1 N–H and O–H groups in total. The van der Waals surface area contributed by atoms with Crippen LogP contribution in [0.1, 0.15) is 44.0 Å². The molecule has 1 heterocycles.